The predicted molar refractivity (Wildman–Crippen MR) is 64.3 cm³/mol. The van der Waals surface area contributed by atoms with Crippen molar-refractivity contribution < 1.29 is 4.79 Å². The van der Waals surface area contributed by atoms with E-state index in [2.05, 4.69) is 4.98 Å². The second-order valence-corrected chi connectivity index (χ2v) is 3.59. The molecule has 0 aliphatic carbocycles. The highest BCUT2D eigenvalue weighted by molar-refractivity contribution is 5.96. The molecule has 0 atom stereocenters. The number of hydrogen-bond donors (Lipinski definition) is 0. The normalized spacial score (nSPS) is 10.1. The Morgan fingerprint density at radius 1 is 1.00 bits per heavy atom. The molecule has 16 heavy (non-hydrogen) atoms. The van der Waals surface area contributed by atoms with E-state index >= 15 is 0 Å². The van der Waals surface area contributed by atoms with Gasteiger partial charge in [-0.2, -0.15) is 0 Å². The van der Waals surface area contributed by atoms with Crippen LogP contribution >= 0.6 is 0 Å². The van der Waals surface area contributed by atoms with E-state index in [0.717, 1.165) is 16.7 Å². The third kappa shape index (κ3) is 2.16. The number of hydrogen-bond acceptors (Lipinski definition) is 2. The van der Waals surface area contributed by atoms with Gasteiger partial charge in [0, 0.05) is 24.4 Å². The van der Waals surface area contributed by atoms with Crippen LogP contribution in [0.5, 0.6) is 0 Å². The molecule has 2 aromatic rings. The highest BCUT2D eigenvalue weighted by atomic mass is 16.1. The number of carbonyl (C=O) groups excluding carboxylic acids is 1. The molecule has 0 N–H and O–H groups in total. The monoisotopic (exact) mass is 211 g/mol. The zero-order chi connectivity index (χ0) is 11.4. The summed E-state index contributed by atoms with van der Waals surface area (Å²) in [5, 5.41) is 0. The summed E-state index contributed by atoms with van der Waals surface area (Å²) >= 11 is 0. The van der Waals surface area contributed by atoms with Crippen molar-refractivity contribution in [2.45, 2.75) is 13.3 Å². The lowest BCUT2D eigenvalue weighted by atomic mass is 10.0. The Kier molecular flexibility index (Phi) is 3.10. The van der Waals surface area contributed by atoms with Gasteiger partial charge >= 0.3 is 0 Å². The van der Waals surface area contributed by atoms with Crippen LogP contribution in [0.3, 0.4) is 0 Å². The summed E-state index contributed by atoms with van der Waals surface area (Å²) in [6.07, 6.45) is 4.08. The lowest BCUT2D eigenvalue weighted by Crippen LogP contribution is -1.95. The van der Waals surface area contributed by atoms with Gasteiger partial charge in [0.05, 0.1) is 0 Å². The number of ketones is 1. The number of benzene rings is 1. The van der Waals surface area contributed by atoms with Crippen LogP contribution in [0.1, 0.15) is 23.7 Å². The Labute approximate surface area is 95.0 Å². The molecule has 0 aliphatic rings. The maximum atomic E-state index is 11.5. The molecule has 1 heterocycles. The van der Waals surface area contributed by atoms with E-state index in [1.54, 1.807) is 12.4 Å². The molecule has 2 rings (SSSR count). The largest absolute Gasteiger partial charge is 0.294 e. The fourth-order valence-electron chi connectivity index (χ4n) is 1.60. The molecule has 0 saturated heterocycles. The summed E-state index contributed by atoms with van der Waals surface area (Å²) in [5.41, 5.74) is 3.00. The van der Waals surface area contributed by atoms with Crippen molar-refractivity contribution in [2.24, 2.45) is 0 Å². The molecule has 0 amide bonds. The Bertz CT molecular complexity index is 474. The predicted octanol–water partition coefficient (Wildman–Crippen LogP) is 3.34. The van der Waals surface area contributed by atoms with E-state index in [9.17, 15) is 4.79 Å². The van der Waals surface area contributed by atoms with Crippen LogP contribution in [-0.4, -0.2) is 10.8 Å². The number of aromatic nitrogens is 1. The number of rotatable bonds is 3. The molecule has 1 aromatic carbocycles. The number of nitrogens with zero attached hydrogens (tertiary/aromatic N) is 1. The van der Waals surface area contributed by atoms with E-state index in [1.807, 2.05) is 43.3 Å². The zero-order valence-corrected chi connectivity index (χ0v) is 9.18. The molecule has 2 heteroatoms. The average Bonchev–Trinajstić information content (AvgIpc) is 2.39. The van der Waals surface area contributed by atoms with Gasteiger partial charge in [-0.1, -0.05) is 31.2 Å². The lowest BCUT2D eigenvalue weighted by molar-refractivity contribution is 0.0988. The topological polar surface area (TPSA) is 30.0 Å². The van der Waals surface area contributed by atoms with Gasteiger partial charge in [-0.15, -0.1) is 0 Å². The standard InChI is InChI=1S/C14H13NO/c1-2-14(16)13-5-3-11(4-6-13)12-7-9-15-10-8-12/h3-10H,2H2,1H3. The fourth-order valence-corrected chi connectivity index (χ4v) is 1.60. The lowest BCUT2D eigenvalue weighted by Gasteiger charge is -2.02. The third-order valence-corrected chi connectivity index (χ3v) is 2.54. The molecule has 0 saturated carbocycles. The van der Waals surface area contributed by atoms with Crippen molar-refractivity contribution in [2.75, 3.05) is 0 Å². The minimum atomic E-state index is 0.182. The van der Waals surface area contributed by atoms with Crippen molar-refractivity contribution in [3.63, 3.8) is 0 Å². The van der Waals surface area contributed by atoms with Crippen LogP contribution in [0.25, 0.3) is 11.1 Å². The Hall–Kier alpha value is -1.96. The molecule has 0 unspecified atom stereocenters. The van der Waals surface area contributed by atoms with Gasteiger partial charge in [-0.25, -0.2) is 0 Å². The summed E-state index contributed by atoms with van der Waals surface area (Å²) in [4.78, 5) is 15.4. The zero-order valence-electron chi connectivity index (χ0n) is 9.18. The van der Waals surface area contributed by atoms with Crippen molar-refractivity contribution in [1.82, 2.24) is 4.98 Å². The van der Waals surface area contributed by atoms with Gasteiger partial charge in [-0.05, 0) is 23.3 Å². The van der Waals surface area contributed by atoms with Crippen LogP contribution in [-0.2, 0) is 0 Å². The van der Waals surface area contributed by atoms with Crippen molar-refractivity contribution in [1.29, 1.82) is 0 Å². The summed E-state index contributed by atoms with van der Waals surface area (Å²) < 4.78 is 0. The van der Waals surface area contributed by atoms with Gasteiger partial charge in [0.1, 0.15) is 0 Å². The molecule has 0 spiro atoms. The molecule has 0 radical (unpaired) electrons. The first-order valence-electron chi connectivity index (χ1n) is 5.35. The first-order valence-corrected chi connectivity index (χ1v) is 5.35. The second-order valence-electron chi connectivity index (χ2n) is 3.59. The minimum Gasteiger partial charge on any atom is -0.294 e. The Morgan fingerprint density at radius 3 is 2.12 bits per heavy atom. The molecule has 0 fully saturated rings. The molecule has 1 aromatic heterocycles. The highest BCUT2D eigenvalue weighted by Crippen LogP contribution is 2.19. The first kappa shape index (κ1) is 10.6. The summed E-state index contributed by atoms with van der Waals surface area (Å²) in [6, 6.07) is 11.6. The second kappa shape index (κ2) is 4.71. The molecular weight excluding hydrogens is 198 g/mol. The summed E-state index contributed by atoms with van der Waals surface area (Å²) in [5.74, 6) is 0.182. The first-order chi connectivity index (χ1) is 7.81. The van der Waals surface area contributed by atoms with Crippen LogP contribution in [0.2, 0.25) is 0 Å². The third-order valence-electron chi connectivity index (χ3n) is 2.54. The minimum absolute atomic E-state index is 0.182. The summed E-state index contributed by atoms with van der Waals surface area (Å²) in [7, 11) is 0. The number of pyridine rings is 1. The van der Waals surface area contributed by atoms with Crippen LogP contribution < -0.4 is 0 Å². The van der Waals surface area contributed by atoms with E-state index in [4.69, 9.17) is 0 Å². The molecule has 2 nitrogen and oxygen atoms in total. The van der Waals surface area contributed by atoms with Gasteiger partial charge in [-0.3, -0.25) is 9.78 Å². The van der Waals surface area contributed by atoms with E-state index in [0.29, 0.717) is 6.42 Å². The van der Waals surface area contributed by atoms with Crippen molar-refractivity contribution >= 4 is 5.78 Å². The van der Waals surface area contributed by atoms with Crippen LogP contribution in [0.4, 0.5) is 0 Å². The molecular formula is C14H13NO. The Morgan fingerprint density at radius 2 is 1.56 bits per heavy atom. The van der Waals surface area contributed by atoms with Crippen LogP contribution in [0, 0.1) is 0 Å². The van der Waals surface area contributed by atoms with E-state index in [1.165, 1.54) is 0 Å². The van der Waals surface area contributed by atoms with Crippen molar-refractivity contribution in [3.8, 4) is 11.1 Å². The summed E-state index contributed by atoms with van der Waals surface area (Å²) in [6.45, 7) is 1.87. The molecule has 0 bridgehead atoms. The maximum absolute atomic E-state index is 11.5. The van der Waals surface area contributed by atoms with Gasteiger partial charge in [0.2, 0.25) is 0 Å². The quantitative estimate of drug-likeness (QED) is 0.729. The highest BCUT2D eigenvalue weighted by Gasteiger charge is 2.02. The van der Waals surface area contributed by atoms with Gasteiger partial charge < -0.3 is 0 Å². The molecule has 0 aliphatic heterocycles. The Balaban J connectivity index is 2.30. The van der Waals surface area contributed by atoms with Gasteiger partial charge in [0.25, 0.3) is 0 Å². The SMILES string of the molecule is CCC(=O)c1ccc(-c2ccncc2)cc1. The smallest absolute Gasteiger partial charge is 0.162 e. The van der Waals surface area contributed by atoms with E-state index < -0.39 is 0 Å². The number of carbonyl (C=O) groups is 1. The molecule has 80 valence electrons. The average molecular weight is 211 g/mol. The van der Waals surface area contributed by atoms with Gasteiger partial charge in [0.15, 0.2) is 5.78 Å². The van der Waals surface area contributed by atoms with Crippen LogP contribution in [0.15, 0.2) is 48.8 Å². The number of Topliss-reactive ketones (excluding diaryl/α,β-unsaturated/α-hetero) is 1. The fraction of sp³-hybridized carbons (Fsp3) is 0.143. The van der Waals surface area contributed by atoms with E-state index in [-0.39, 0.29) is 5.78 Å². The van der Waals surface area contributed by atoms with Crippen molar-refractivity contribution in [3.05, 3.63) is 54.4 Å². The maximum Gasteiger partial charge on any atom is 0.162 e.